The summed E-state index contributed by atoms with van der Waals surface area (Å²) in [5.41, 5.74) is 1.37. The predicted molar refractivity (Wildman–Crippen MR) is 113 cm³/mol. The van der Waals surface area contributed by atoms with Crippen LogP contribution in [0.4, 0.5) is 5.69 Å². The maximum absolute atomic E-state index is 12.1. The summed E-state index contributed by atoms with van der Waals surface area (Å²) in [6.07, 6.45) is 5.77. The number of ether oxygens (including phenoxy) is 1. The molecule has 0 fully saturated rings. The Labute approximate surface area is 173 Å². The van der Waals surface area contributed by atoms with E-state index in [2.05, 4.69) is 12.2 Å². The van der Waals surface area contributed by atoms with Crippen LogP contribution in [0, 0.1) is 0 Å². The monoisotopic (exact) mass is 406 g/mol. The molecule has 0 aromatic heterocycles. The number of unbranched alkanes of at least 4 members (excludes halogenated alkanes) is 3. The van der Waals surface area contributed by atoms with Gasteiger partial charge in [0.25, 0.3) is 0 Å². The number of carboxylic acid groups (broad SMARTS) is 1. The highest BCUT2D eigenvalue weighted by atomic mass is 16.5. The van der Waals surface area contributed by atoms with Gasteiger partial charge in [0.1, 0.15) is 5.75 Å². The third-order valence-electron chi connectivity index (χ3n) is 4.50. The van der Waals surface area contributed by atoms with Crippen molar-refractivity contribution in [3.63, 3.8) is 0 Å². The second-order valence-electron chi connectivity index (χ2n) is 7.32. The molecule has 0 spiro atoms. The molecule has 2 amide bonds. The number of carbonyl (C=O) groups excluding carboxylic acids is 2. The maximum atomic E-state index is 12.1. The van der Waals surface area contributed by atoms with Gasteiger partial charge in [0, 0.05) is 39.0 Å². The Kier molecular flexibility index (Phi) is 11.5. The molecule has 0 saturated heterocycles. The fourth-order valence-electron chi connectivity index (χ4n) is 2.79. The predicted octanol–water partition coefficient (Wildman–Crippen LogP) is 3.86. The molecule has 1 aromatic rings. The first-order chi connectivity index (χ1) is 13.8. The van der Waals surface area contributed by atoms with E-state index in [1.165, 1.54) is 11.3 Å². The average molecular weight is 407 g/mol. The van der Waals surface area contributed by atoms with Crippen molar-refractivity contribution in [2.24, 2.45) is 0 Å². The summed E-state index contributed by atoms with van der Waals surface area (Å²) in [7, 11) is 3.38. The fourth-order valence-corrected chi connectivity index (χ4v) is 2.79. The van der Waals surface area contributed by atoms with Crippen LogP contribution in [0.15, 0.2) is 18.2 Å². The van der Waals surface area contributed by atoms with E-state index < -0.39 is 5.97 Å². The summed E-state index contributed by atoms with van der Waals surface area (Å²) in [6, 6.07) is 5.31. The summed E-state index contributed by atoms with van der Waals surface area (Å²) >= 11 is 0. The van der Waals surface area contributed by atoms with Crippen molar-refractivity contribution in [2.75, 3.05) is 26.0 Å². The fraction of sp³-hybridized carbons (Fsp3) is 0.591. The zero-order valence-corrected chi connectivity index (χ0v) is 17.8. The number of hydrogen-bond acceptors (Lipinski definition) is 4. The molecule has 7 nitrogen and oxygen atoms in total. The third-order valence-corrected chi connectivity index (χ3v) is 4.50. The number of aliphatic carboxylic acids is 1. The number of nitrogens with one attached hydrogen (secondary N) is 1. The summed E-state index contributed by atoms with van der Waals surface area (Å²) < 4.78 is 5.84. The van der Waals surface area contributed by atoms with Crippen molar-refractivity contribution < 1.29 is 24.2 Å². The van der Waals surface area contributed by atoms with Crippen molar-refractivity contribution in [3.8, 4) is 5.75 Å². The highest BCUT2D eigenvalue weighted by molar-refractivity contribution is 5.91. The summed E-state index contributed by atoms with van der Waals surface area (Å²) in [5, 5.41) is 11.8. The van der Waals surface area contributed by atoms with E-state index in [9.17, 15) is 14.4 Å². The first-order valence-electron chi connectivity index (χ1n) is 10.3. The number of carboxylic acids is 1. The minimum absolute atomic E-state index is 0.00373. The van der Waals surface area contributed by atoms with E-state index in [4.69, 9.17) is 9.84 Å². The Hall–Kier alpha value is -2.57. The lowest BCUT2D eigenvalue weighted by atomic mass is 10.1. The molecular formula is C22H34N2O5. The van der Waals surface area contributed by atoms with Gasteiger partial charge in [-0.3, -0.25) is 14.4 Å². The molecule has 1 rings (SSSR count). The van der Waals surface area contributed by atoms with Gasteiger partial charge in [-0.25, -0.2) is 0 Å². The number of hydrogen-bond donors (Lipinski definition) is 2. The number of rotatable bonds is 14. The second kappa shape index (κ2) is 13.6. The van der Waals surface area contributed by atoms with Gasteiger partial charge < -0.3 is 20.1 Å². The topological polar surface area (TPSA) is 95.9 Å². The molecule has 1 aromatic carbocycles. The smallest absolute Gasteiger partial charge is 0.303 e. The molecular weight excluding hydrogens is 372 g/mol. The average Bonchev–Trinajstić information content (AvgIpc) is 2.67. The lowest BCUT2D eigenvalue weighted by molar-refractivity contribution is -0.137. The Morgan fingerprint density at radius 1 is 1.03 bits per heavy atom. The van der Waals surface area contributed by atoms with Crippen LogP contribution in [0.2, 0.25) is 0 Å². The second-order valence-corrected chi connectivity index (χ2v) is 7.32. The van der Waals surface area contributed by atoms with Gasteiger partial charge in [0.2, 0.25) is 11.8 Å². The lowest BCUT2D eigenvalue weighted by Gasteiger charge is -2.14. The van der Waals surface area contributed by atoms with Gasteiger partial charge >= 0.3 is 5.97 Å². The Balaban J connectivity index is 2.65. The van der Waals surface area contributed by atoms with Crippen molar-refractivity contribution in [1.29, 1.82) is 0 Å². The summed E-state index contributed by atoms with van der Waals surface area (Å²) in [5.74, 6) is -0.389. The molecule has 162 valence electrons. The largest absolute Gasteiger partial charge is 0.493 e. The van der Waals surface area contributed by atoms with Crippen molar-refractivity contribution in [2.45, 2.75) is 64.7 Å². The first-order valence-corrected chi connectivity index (χ1v) is 10.3. The van der Waals surface area contributed by atoms with E-state index >= 15 is 0 Å². The molecule has 0 atom stereocenters. The number of benzene rings is 1. The highest BCUT2D eigenvalue weighted by Gasteiger charge is 2.11. The van der Waals surface area contributed by atoms with E-state index in [1.54, 1.807) is 32.3 Å². The van der Waals surface area contributed by atoms with Crippen LogP contribution >= 0.6 is 0 Å². The molecule has 7 heteroatoms. The molecule has 0 aliphatic rings. The van der Waals surface area contributed by atoms with Crippen LogP contribution in [-0.2, 0) is 20.8 Å². The standard InChI is InChI=1S/C22H34N2O5/c1-4-5-6-7-15-29-19-13-12-18(16-17(19)11-14-22(27)28)23-20(25)9-8-10-21(26)24(2)3/h12-13,16H,4-11,14-15H2,1-3H3,(H,23,25)(H,27,28). The van der Waals surface area contributed by atoms with E-state index in [1.807, 2.05) is 0 Å². The van der Waals surface area contributed by atoms with Gasteiger partial charge in [-0.1, -0.05) is 26.2 Å². The SMILES string of the molecule is CCCCCCOc1ccc(NC(=O)CCCC(=O)N(C)C)cc1CCC(=O)O. The molecule has 0 aliphatic carbocycles. The van der Waals surface area contributed by atoms with Crippen LogP contribution in [0.25, 0.3) is 0 Å². The number of nitrogens with zero attached hydrogens (tertiary/aromatic N) is 1. The van der Waals surface area contributed by atoms with Crippen LogP contribution < -0.4 is 10.1 Å². The molecule has 0 saturated carbocycles. The zero-order chi connectivity index (χ0) is 21.6. The normalized spacial score (nSPS) is 10.4. The van der Waals surface area contributed by atoms with Crippen molar-refractivity contribution in [1.82, 2.24) is 4.90 Å². The van der Waals surface area contributed by atoms with Gasteiger partial charge in [-0.05, 0) is 43.0 Å². The van der Waals surface area contributed by atoms with Crippen LogP contribution in [0.3, 0.4) is 0 Å². The van der Waals surface area contributed by atoms with E-state index in [0.717, 1.165) is 24.8 Å². The highest BCUT2D eigenvalue weighted by Crippen LogP contribution is 2.25. The minimum Gasteiger partial charge on any atom is -0.493 e. The Bertz CT molecular complexity index is 673. The van der Waals surface area contributed by atoms with E-state index in [0.29, 0.717) is 37.3 Å². The number of anilines is 1. The quantitative estimate of drug-likeness (QED) is 0.457. The lowest BCUT2D eigenvalue weighted by Crippen LogP contribution is -2.21. The van der Waals surface area contributed by atoms with Crippen LogP contribution in [-0.4, -0.2) is 48.5 Å². The summed E-state index contributed by atoms with van der Waals surface area (Å²) in [4.78, 5) is 36.2. The van der Waals surface area contributed by atoms with Gasteiger partial charge in [0.05, 0.1) is 6.61 Å². The van der Waals surface area contributed by atoms with Crippen molar-refractivity contribution >= 4 is 23.5 Å². The third kappa shape index (κ3) is 10.5. The van der Waals surface area contributed by atoms with Gasteiger partial charge in [-0.2, -0.15) is 0 Å². The Morgan fingerprint density at radius 2 is 1.79 bits per heavy atom. The number of carbonyl (C=O) groups is 3. The van der Waals surface area contributed by atoms with Gasteiger partial charge in [-0.15, -0.1) is 0 Å². The first kappa shape index (κ1) is 24.5. The van der Waals surface area contributed by atoms with E-state index in [-0.39, 0.29) is 24.7 Å². The molecule has 29 heavy (non-hydrogen) atoms. The van der Waals surface area contributed by atoms with Crippen LogP contribution in [0.1, 0.15) is 63.9 Å². The molecule has 0 aliphatic heterocycles. The molecule has 2 N–H and O–H groups in total. The number of amides is 2. The van der Waals surface area contributed by atoms with Crippen LogP contribution in [0.5, 0.6) is 5.75 Å². The molecule has 0 bridgehead atoms. The minimum atomic E-state index is -0.876. The zero-order valence-electron chi connectivity index (χ0n) is 17.8. The molecule has 0 heterocycles. The van der Waals surface area contributed by atoms with Crippen molar-refractivity contribution in [3.05, 3.63) is 23.8 Å². The Morgan fingerprint density at radius 3 is 2.45 bits per heavy atom. The number of aryl methyl sites for hydroxylation is 1. The maximum Gasteiger partial charge on any atom is 0.303 e. The summed E-state index contributed by atoms with van der Waals surface area (Å²) in [6.45, 7) is 2.74. The van der Waals surface area contributed by atoms with Gasteiger partial charge in [0.15, 0.2) is 0 Å². The molecule has 0 radical (unpaired) electrons. The molecule has 0 unspecified atom stereocenters.